The van der Waals surface area contributed by atoms with Crippen LogP contribution in [0.4, 0.5) is 5.82 Å². The lowest BCUT2D eigenvalue weighted by molar-refractivity contribution is -0.135. The van der Waals surface area contributed by atoms with Gasteiger partial charge in [0.05, 0.1) is 18.2 Å². The molecule has 3 heterocycles. The molecule has 0 spiro atoms. The number of amides is 1. The number of hydrogen-bond donors (Lipinski definition) is 1. The highest BCUT2D eigenvalue weighted by molar-refractivity contribution is 5.79. The first-order chi connectivity index (χ1) is 12.1. The SMILES string of the molecule is CN(C)c1cccc(CNC(=O)[C@@H]2CCCO[C@H]2c2nccn2C)n1. The van der Waals surface area contributed by atoms with E-state index in [9.17, 15) is 4.79 Å². The van der Waals surface area contributed by atoms with Crippen molar-refractivity contribution < 1.29 is 9.53 Å². The topological polar surface area (TPSA) is 72.3 Å². The van der Waals surface area contributed by atoms with Gasteiger partial charge in [0.1, 0.15) is 17.7 Å². The third kappa shape index (κ3) is 3.99. The smallest absolute Gasteiger partial charge is 0.226 e. The number of carbonyl (C=O) groups excluding carboxylic acids is 1. The van der Waals surface area contributed by atoms with Crippen LogP contribution in [0, 0.1) is 5.92 Å². The highest BCUT2D eigenvalue weighted by atomic mass is 16.5. The monoisotopic (exact) mass is 343 g/mol. The van der Waals surface area contributed by atoms with Gasteiger partial charge in [0.25, 0.3) is 0 Å². The molecule has 2 aromatic rings. The molecule has 0 bridgehead atoms. The lowest BCUT2D eigenvalue weighted by Crippen LogP contribution is -2.38. The highest BCUT2D eigenvalue weighted by Gasteiger charge is 2.35. The normalized spacial score (nSPS) is 20.3. The molecule has 1 aliphatic rings. The van der Waals surface area contributed by atoms with Gasteiger partial charge in [0.15, 0.2) is 0 Å². The fraction of sp³-hybridized carbons (Fsp3) is 0.500. The Labute approximate surface area is 148 Å². The van der Waals surface area contributed by atoms with Crippen molar-refractivity contribution in [3.05, 3.63) is 42.1 Å². The van der Waals surface area contributed by atoms with Crippen LogP contribution < -0.4 is 10.2 Å². The van der Waals surface area contributed by atoms with E-state index in [2.05, 4.69) is 15.3 Å². The van der Waals surface area contributed by atoms with Gasteiger partial charge in [0, 0.05) is 40.1 Å². The van der Waals surface area contributed by atoms with E-state index in [0.29, 0.717) is 13.2 Å². The van der Waals surface area contributed by atoms with E-state index < -0.39 is 0 Å². The molecule has 1 amide bonds. The summed E-state index contributed by atoms with van der Waals surface area (Å²) in [5, 5.41) is 3.01. The van der Waals surface area contributed by atoms with Crippen LogP contribution in [0.5, 0.6) is 0 Å². The molecule has 1 fully saturated rings. The van der Waals surface area contributed by atoms with E-state index in [0.717, 1.165) is 30.2 Å². The van der Waals surface area contributed by atoms with Crippen molar-refractivity contribution in [2.75, 3.05) is 25.6 Å². The van der Waals surface area contributed by atoms with Crippen molar-refractivity contribution in [3.63, 3.8) is 0 Å². The van der Waals surface area contributed by atoms with E-state index in [1.165, 1.54) is 0 Å². The van der Waals surface area contributed by atoms with Crippen LogP contribution in [0.25, 0.3) is 0 Å². The molecule has 0 aliphatic carbocycles. The molecular formula is C18H25N5O2. The Morgan fingerprint density at radius 1 is 1.44 bits per heavy atom. The van der Waals surface area contributed by atoms with Gasteiger partial charge in [-0.25, -0.2) is 9.97 Å². The zero-order valence-corrected chi connectivity index (χ0v) is 15.0. The molecule has 0 unspecified atom stereocenters. The van der Waals surface area contributed by atoms with Gasteiger partial charge in [-0.05, 0) is 25.0 Å². The maximum atomic E-state index is 12.7. The highest BCUT2D eigenvalue weighted by Crippen LogP contribution is 2.32. The summed E-state index contributed by atoms with van der Waals surface area (Å²) >= 11 is 0. The second-order valence-electron chi connectivity index (χ2n) is 6.54. The molecule has 0 radical (unpaired) electrons. The zero-order valence-electron chi connectivity index (χ0n) is 15.0. The standard InChI is InChI=1S/C18H25N5O2/c1-22(2)15-8-4-6-13(21-15)12-20-18(24)14-7-5-11-25-16(14)17-19-9-10-23(17)3/h4,6,8-10,14,16H,5,7,11-12H2,1-3H3,(H,20,24)/t14-,16-/m1/s1. The molecule has 0 saturated carbocycles. The molecular weight excluding hydrogens is 318 g/mol. The van der Waals surface area contributed by atoms with E-state index in [1.807, 2.05) is 55.0 Å². The van der Waals surface area contributed by atoms with Crippen LogP contribution in [0.3, 0.4) is 0 Å². The number of ether oxygens (including phenoxy) is 1. The molecule has 7 nitrogen and oxygen atoms in total. The van der Waals surface area contributed by atoms with Gasteiger partial charge in [-0.3, -0.25) is 4.79 Å². The average molecular weight is 343 g/mol. The fourth-order valence-electron chi connectivity index (χ4n) is 3.08. The van der Waals surface area contributed by atoms with Crippen molar-refractivity contribution in [3.8, 4) is 0 Å². The van der Waals surface area contributed by atoms with Crippen molar-refractivity contribution in [2.24, 2.45) is 13.0 Å². The van der Waals surface area contributed by atoms with Crippen molar-refractivity contribution >= 4 is 11.7 Å². The van der Waals surface area contributed by atoms with E-state index in [-0.39, 0.29) is 17.9 Å². The summed E-state index contributed by atoms with van der Waals surface area (Å²) in [5.41, 5.74) is 0.838. The number of rotatable bonds is 5. The Morgan fingerprint density at radius 2 is 2.28 bits per heavy atom. The Kier molecular flexibility index (Phi) is 5.33. The Bertz CT molecular complexity index is 728. The quantitative estimate of drug-likeness (QED) is 0.894. The second-order valence-corrected chi connectivity index (χ2v) is 6.54. The largest absolute Gasteiger partial charge is 0.369 e. The fourth-order valence-corrected chi connectivity index (χ4v) is 3.08. The van der Waals surface area contributed by atoms with E-state index >= 15 is 0 Å². The summed E-state index contributed by atoms with van der Waals surface area (Å²) in [4.78, 5) is 23.6. The van der Waals surface area contributed by atoms with Gasteiger partial charge < -0.3 is 19.5 Å². The summed E-state index contributed by atoms with van der Waals surface area (Å²) in [6.07, 6.45) is 4.99. The lowest BCUT2D eigenvalue weighted by Gasteiger charge is -2.30. The third-order valence-electron chi connectivity index (χ3n) is 4.47. The van der Waals surface area contributed by atoms with Gasteiger partial charge >= 0.3 is 0 Å². The van der Waals surface area contributed by atoms with Crippen LogP contribution in [-0.4, -0.2) is 41.1 Å². The first-order valence-corrected chi connectivity index (χ1v) is 8.56. The van der Waals surface area contributed by atoms with Crippen LogP contribution in [-0.2, 0) is 23.1 Å². The molecule has 25 heavy (non-hydrogen) atoms. The maximum Gasteiger partial charge on any atom is 0.226 e. The average Bonchev–Trinajstić information content (AvgIpc) is 3.05. The van der Waals surface area contributed by atoms with Gasteiger partial charge in [0.2, 0.25) is 5.91 Å². The summed E-state index contributed by atoms with van der Waals surface area (Å²) in [7, 11) is 5.81. The zero-order chi connectivity index (χ0) is 17.8. The minimum Gasteiger partial charge on any atom is -0.369 e. The molecule has 1 saturated heterocycles. The predicted molar refractivity (Wildman–Crippen MR) is 95.0 cm³/mol. The van der Waals surface area contributed by atoms with E-state index in [1.54, 1.807) is 6.20 Å². The minimum absolute atomic E-state index is 0.00949. The number of pyridine rings is 1. The molecule has 1 N–H and O–H groups in total. The van der Waals surface area contributed by atoms with Crippen LogP contribution in [0.1, 0.15) is 30.5 Å². The molecule has 134 valence electrons. The molecule has 2 atom stereocenters. The molecule has 0 aromatic carbocycles. The minimum atomic E-state index is -0.296. The number of nitrogens with zero attached hydrogens (tertiary/aromatic N) is 4. The third-order valence-corrected chi connectivity index (χ3v) is 4.47. The number of carbonyl (C=O) groups is 1. The second kappa shape index (κ2) is 7.65. The molecule has 7 heteroatoms. The van der Waals surface area contributed by atoms with Crippen molar-refractivity contribution in [1.29, 1.82) is 0 Å². The lowest BCUT2D eigenvalue weighted by atomic mass is 9.92. The first-order valence-electron chi connectivity index (χ1n) is 8.56. The predicted octanol–water partition coefficient (Wildman–Crippen LogP) is 1.67. The number of hydrogen-bond acceptors (Lipinski definition) is 5. The first kappa shape index (κ1) is 17.4. The summed E-state index contributed by atoms with van der Waals surface area (Å²) in [6.45, 7) is 1.07. The number of aromatic nitrogens is 3. The Hall–Kier alpha value is -2.41. The molecule has 1 aliphatic heterocycles. The number of imidazole rings is 1. The Morgan fingerprint density at radius 3 is 3.00 bits per heavy atom. The number of nitrogens with one attached hydrogen (secondary N) is 1. The van der Waals surface area contributed by atoms with Gasteiger partial charge in [-0.1, -0.05) is 6.07 Å². The summed E-state index contributed by atoms with van der Waals surface area (Å²) in [5.74, 6) is 1.43. The van der Waals surface area contributed by atoms with Crippen molar-refractivity contribution in [2.45, 2.75) is 25.5 Å². The van der Waals surface area contributed by atoms with Crippen molar-refractivity contribution in [1.82, 2.24) is 19.9 Å². The van der Waals surface area contributed by atoms with Crippen LogP contribution >= 0.6 is 0 Å². The number of anilines is 1. The van der Waals surface area contributed by atoms with Gasteiger partial charge in [-0.2, -0.15) is 0 Å². The molecule has 3 rings (SSSR count). The summed E-state index contributed by atoms with van der Waals surface area (Å²) in [6, 6.07) is 5.81. The van der Waals surface area contributed by atoms with E-state index in [4.69, 9.17) is 4.74 Å². The summed E-state index contributed by atoms with van der Waals surface area (Å²) < 4.78 is 7.79. The van der Waals surface area contributed by atoms with Gasteiger partial charge in [-0.15, -0.1) is 0 Å². The van der Waals surface area contributed by atoms with Crippen LogP contribution in [0.15, 0.2) is 30.6 Å². The molecule has 2 aromatic heterocycles. The Balaban J connectivity index is 1.67. The maximum absolute atomic E-state index is 12.7. The van der Waals surface area contributed by atoms with Crippen LogP contribution in [0.2, 0.25) is 0 Å². The number of aryl methyl sites for hydroxylation is 1.